The third-order valence-electron chi connectivity index (χ3n) is 4.38. The lowest BCUT2D eigenvalue weighted by Gasteiger charge is -2.26. The first-order valence-electron chi connectivity index (χ1n) is 9.15. The molecule has 0 saturated heterocycles. The number of pyridine rings is 2. The number of hydrogen-bond donors (Lipinski definition) is 1. The first kappa shape index (κ1) is 19.7. The molecule has 3 rings (SSSR count). The van der Waals surface area contributed by atoms with Gasteiger partial charge in [0.2, 0.25) is 5.88 Å². The van der Waals surface area contributed by atoms with Crippen molar-refractivity contribution in [1.82, 2.24) is 9.97 Å². The zero-order chi connectivity index (χ0) is 20.3. The normalized spacial score (nSPS) is 13.3. The molecular weight excluding hydrogens is 355 g/mol. The summed E-state index contributed by atoms with van der Waals surface area (Å²) in [6.07, 6.45) is 3.54. The second kappa shape index (κ2) is 7.91. The van der Waals surface area contributed by atoms with E-state index >= 15 is 0 Å². The number of benzene rings is 1. The lowest BCUT2D eigenvalue weighted by atomic mass is 9.93. The Kier molecular flexibility index (Phi) is 5.57. The van der Waals surface area contributed by atoms with Gasteiger partial charge in [-0.2, -0.15) is 5.26 Å². The van der Waals surface area contributed by atoms with Gasteiger partial charge in [0.25, 0.3) is 0 Å². The highest BCUT2D eigenvalue weighted by molar-refractivity contribution is 5.88. The Bertz CT molecular complexity index is 1040. The van der Waals surface area contributed by atoms with Crippen molar-refractivity contribution in [3.63, 3.8) is 0 Å². The SMILES string of the molecule is CC(C)CC(C)(N)COc1ncc(F)cc1-c1cc2cccnc2cc1C#N. The quantitative estimate of drug-likeness (QED) is 0.685. The maximum Gasteiger partial charge on any atom is 0.221 e. The monoisotopic (exact) mass is 378 g/mol. The minimum absolute atomic E-state index is 0.230. The molecule has 0 fully saturated rings. The number of nitrogens with zero attached hydrogens (tertiary/aromatic N) is 3. The maximum absolute atomic E-state index is 14.0. The van der Waals surface area contributed by atoms with Crippen LogP contribution < -0.4 is 10.5 Å². The molecule has 0 aliphatic rings. The van der Waals surface area contributed by atoms with Gasteiger partial charge in [0.1, 0.15) is 12.4 Å². The molecule has 0 bridgehead atoms. The molecule has 2 N–H and O–H groups in total. The molecule has 2 aromatic heterocycles. The molecule has 1 atom stereocenters. The van der Waals surface area contributed by atoms with Crippen LogP contribution in [0.2, 0.25) is 0 Å². The van der Waals surface area contributed by atoms with E-state index in [-0.39, 0.29) is 12.5 Å². The number of halogens is 1. The summed E-state index contributed by atoms with van der Waals surface area (Å²) in [6.45, 7) is 6.33. The minimum atomic E-state index is -0.549. The molecule has 1 aromatic carbocycles. The number of rotatable bonds is 6. The van der Waals surface area contributed by atoms with Crippen LogP contribution in [-0.2, 0) is 0 Å². The summed E-state index contributed by atoms with van der Waals surface area (Å²) in [5.74, 6) is 0.161. The van der Waals surface area contributed by atoms with Gasteiger partial charge in [-0.15, -0.1) is 0 Å². The van der Waals surface area contributed by atoms with Gasteiger partial charge in [0, 0.05) is 28.2 Å². The molecule has 1 unspecified atom stereocenters. The molecule has 5 nitrogen and oxygen atoms in total. The van der Waals surface area contributed by atoms with E-state index in [1.807, 2.05) is 19.1 Å². The number of ether oxygens (including phenoxy) is 1. The van der Waals surface area contributed by atoms with E-state index in [9.17, 15) is 9.65 Å². The van der Waals surface area contributed by atoms with Crippen LogP contribution in [0, 0.1) is 23.1 Å². The molecule has 3 aromatic rings. The van der Waals surface area contributed by atoms with Gasteiger partial charge in [0.05, 0.1) is 23.3 Å². The summed E-state index contributed by atoms with van der Waals surface area (Å²) in [5, 5.41) is 10.4. The number of aromatic nitrogens is 2. The largest absolute Gasteiger partial charge is 0.475 e. The summed E-state index contributed by atoms with van der Waals surface area (Å²) in [5.41, 5.74) is 7.82. The first-order chi connectivity index (χ1) is 13.3. The summed E-state index contributed by atoms with van der Waals surface area (Å²) in [7, 11) is 0. The highest BCUT2D eigenvalue weighted by atomic mass is 19.1. The molecule has 6 heteroatoms. The van der Waals surface area contributed by atoms with Gasteiger partial charge in [-0.3, -0.25) is 4.98 Å². The summed E-state index contributed by atoms with van der Waals surface area (Å²) < 4.78 is 19.9. The first-order valence-corrected chi connectivity index (χ1v) is 9.15. The average molecular weight is 378 g/mol. The van der Waals surface area contributed by atoms with Crippen molar-refractivity contribution in [3.8, 4) is 23.1 Å². The Morgan fingerprint density at radius 3 is 2.75 bits per heavy atom. The Morgan fingerprint density at radius 2 is 2.04 bits per heavy atom. The van der Waals surface area contributed by atoms with Gasteiger partial charge < -0.3 is 10.5 Å². The molecule has 0 aliphatic heterocycles. The van der Waals surface area contributed by atoms with E-state index < -0.39 is 11.4 Å². The highest BCUT2D eigenvalue weighted by Crippen LogP contribution is 2.34. The van der Waals surface area contributed by atoms with E-state index in [1.54, 1.807) is 18.3 Å². The second-order valence-corrected chi connectivity index (χ2v) is 7.75. The molecule has 0 spiro atoms. The molecule has 0 radical (unpaired) electrons. The fourth-order valence-electron chi connectivity index (χ4n) is 3.40. The van der Waals surface area contributed by atoms with Crippen LogP contribution in [0.1, 0.15) is 32.8 Å². The van der Waals surface area contributed by atoms with E-state index in [0.29, 0.717) is 28.1 Å². The van der Waals surface area contributed by atoms with E-state index in [4.69, 9.17) is 10.5 Å². The van der Waals surface area contributed by atoms with Crippen LogP contribution >= 0.6 is 0 Å². The molecule has 0 saturated carbocycles. The van der Waals surface area contributed by atoms with E-state index in [1.165, 1.54) is 6.07 Å². The molecule has 28 heavy (non-hydrogen) atoms. The summed E-state index contributed by atoms with van der Waals surface area (Å²) >= 11 is 0. The maximum atomic E-state index is 14.0. The smallest absolute Gasteiger partial charge is 0.221 e. The van der Waals surface area contributed by atoms with E-state index in [2.05, 4.69) is 29.9 Å². The van der Waals surface area contributed by atoms with Crippen LogP contribution in [0.5, 0.6) is 5.88 Å². The van der Waals surface area contributed by atoms with Crippen molar-refractivity contribution < 1.29 is 9.13 Å². The zero-order valence-electron chi connectivity index (χ0n) is 16.2. The predicted molar refractivity (Wildman–Crippen MR) is 107 cm³/mol. The van der Waals surface area contributed by atoms with Crippen molar-refractivity contribution in [2.45, 2.75) is 32.7 Å². The van der Waals surface area contributed by atoms with Crippen LogP contribution in [-0.4, -0.2) is 22.1 Å². The van der Waals surface area contributed by atoms with E-state index in [0.717, 1.165) is 18.0 Å². The van der Waals surface area contributed by atoms with Crippen LogP contribution in [0.15, 0.2) is 42.7 Å². The number of hydrogen-bond acceptors (Lipinski definition) is 5. The van der Waals surface area contributed by atoms with Crippen molar-refractivity contribution in [3.05, 3.63) is 54.1 Å². The minimum Gasteiger partial charge on any atom is -0.475 e. The van der Waals surface area contributed by atoms with Crippen molar-refractivity contribution in [1.29, 1.82) is 5.26 Å². The van der Waals surface area contributed by atoms with Crippen molar-refractivity contribution >= 4 is 10.9 Å². The Labute approximate surface area is 164 Å². The third-order valence-corrected chi connectivity index (χ3v) is 4.38. The second-order valence-electron chi connectivity index (χ2n) is 7.75. The highest BCUT2D eigenvalue weighted by Gasteiger charge is 2.23. The Morgan fingerprint density at radius 1 is 1.25 bits per heavy atom. The van der Waals surface area contributed by atoms with Crippen LogP contribution in [0.25, 0.3) is 22.0 Å². The number of nitrogens with two attached hydrogens (primary N) is 1. The molecule has 144 valence electrons. The number of fused-ring (bicyclic) bond motifs is 1. The van der Waals surface area contributed by atoms with Gasteiger partial charge in [0.15, 0.2) is 0 Å². The van der Waals surface area contributed by atoms with Crippen LogP contribution in [0.4, 0.5) is 4.39 Å². The molecule has 0 amide bonds. The lowest BCUT2D eigenvalue weighted by molar-refractivity contribution is 0.201. The fraction of sp³-hybridized carbons (Fsp3) is 0.318. The van der Waals surface area contributed by atoms with Crippen molar-refractivity contribution in [2.75, 3.05) is 6.61 Å². The Hall–Kier alpha value is -3.04. The average Bonchev–Trinajstić information content (AvgIpc) is 2.65. The van der Waals surface area contributed by atoms with Gasteiger partial charge in [-0.05, 0) is 43.5 Å². The molecular formula is C22H23FN4O. The van der Waals surface area contributed by atoms with Gasteiger partial charge in [-0.1, -0.05) is 19.9 Å². The third kappa shape index (κ3) is 4.44. The number of nitriles is 1. The predicted octanol–water partition coefficient (Wildman–Crippen LogP) is 4.45. The van der Waals surface area contributed by atoms with Gasteiger partial charge >= 0.3 is 0 Å². The van der Waals surface area contributed by atoms with Gasteiger partial charge in [-0.25, -0.2) is 9.37 Å². The fourth-order valence-corrected chi connectivity index (χ4v) is 3.40. The van der Waals surface area contributed by atoms with Crippen molar-refractivity contribution in [2.24, 2.45) is 11.7 Å². The topological polar surface area (TPSA) is 84.8 Å². The molecule has 2 heterocycles. The van der Waals surface area contributed by atoms with Crippen LogP contribution in [0.3, 0.4) is 0 Å². The Balaban J connectivity index is 2.04. The zero-order valence-corrected chi connectivity index (χ0v) is 16.2. The summed E-state index contributed by atoms with van der Waals surface area (Å²) in [4.78, 5) is 8.39. The molecule has 0 aliphatic carbocycles. The lowest BCUT2D eigenvalue weighted by Crippen LogP contribution is -2.43. The standard InChI is InChI=1S/C22H23FN4O/c1-14(2)10-22(3,25)13-28-21-19(9-17(23)12-27-21)18-7-15-5-4-6-26-20(15)8-16(18)11-24/h4-9,12,14H,10,13,25H2,1-3H3. The summed E-state index contributed by atoms with van der Waals surface area (Å²) in [6, 6.07) is 10.7.